The maximum absolute atomic E-state index is 11.8. The molecule has 3 nitrogen and oxygen atoms in total. The van der Waals surface area contributed by atoms with E-state index in [0.29, 0.717) is 0 Å². The second kappa shape index (κ2) is 7.95. The van der Waals surface area contributed by atoms with Gasteiger partial charge in [-0.1, -0.05) is 44.2 Å². The fraction of sp³-hybridized carbons (Fsp3) is 0.562. The molecule has 0 aromatic heterocycles. The molecule has 0 aliphatic carbocycles. The number of hydrogen-bond donors (Lipinski definition) is 0. The van der Waals surface area contributed by atoms with Crippen LogP contribution < -0.4 is 0 Å². The Kier molecular flexibility index (Phi) is 6.57. The van der Waals surface area contributed by atoms with E-state index in [1.165, 1.54) is 0 Å². The number of nitrogens with zero attached hydrogens (tertiary/aromatic N) is 1. The zero-order valence-electron chi connectivity index (χ0n) is 12.4. The molecule has 0 saturated carbocycles. The van der Waals surface area contributed by atoms with E-state index < -0.39 is 0 Å². The molecule has 0 heterocycles. The van der Waals surface area contributed by atoms with Gasteiger partial charge in [0, 0.05) is 0 Å². The quantitative estimate of drug-likeness (QED) is 0.707. The van der Waals surface area contributed by atoms with Crippen molar-refractivity contribution in [3.05, 3.63) is 35.9 Å². The van der Waals surface area contributed by atoms with Crippen LogP contribution in [0.1, 0.15) is 38.4 Å². The van der Waals surface area contributed by atoms with Crippen LogP contribution in [-0.2, 0) is 9.53 Å². The van der Waals surface area contributed by atoms with Crippen LogP contribution in [0.4, 0.5) is 0 Å². The average Bonchev–Trinajstić information content (AvgIpc) is 2.38. The number of ether oxygens (including phenoxy) is 1. The zero-order valence-corrected chi connectivity index (χ0v) is 12.4. The molecule has 0 radical (unpaired) electrons. The highest BCUT2D eigenvalue weighted by Gasteiger charge is 2.18. The molecule has 1 rings (SSSR count). The standard InChI is InChI=1S/C16H25NO2/c1-13(2)16(18)19-15(11-8-12-17(3)4)14-9-6-5-7-10-14/h5-7,9-10,13,15H,8,11-12H2,1-4H3. The SMILES string of the molecule is CC(C)C(=O)OC(CCCN(C)C)c1ccccc1. The van der Waals surface area contributed by atoms with Gasteiger partial charge in [-0.25, -0.2) is 0 Å². The van der Waals surface area contributed by atoms with Gasteiger partial charge < -0.3 is 9.64 Å². The Balaban J connectivity index is 2.65. The first-order chi connectivity index (χ1) is 9.00. The van der Waals surface area contributed by atoms with Gasteiger partial charge in [0.2, 0.25) is 0 Å². The fourth-order valence-corrected chi connectivity index (χ4v) is 1.83. The summed E-state index contributed by atoms with van der Waals surface area (Å²) in [5.74, 6) is -0.209. The third-order valence-electron chi connectivity index (χ3n) is 2.97. The lowest BCUT2D eigenvalue weighted by molar-refractivity contribution is -0.153. The van der Waals surface area contributed by atoms with E-state index in [-0.39, 0.29) is 18.0 Å². The number of carbonyl (C=O) groups excluding carboxylic acids is 1. The van der Waals surface area contributed by atoms with E-state index >= 15 is 0 Å². The summed E-state index contributed by atoms with van der Waals surface area (Å²) in [6, 6.07) is 9.99. The van der Waals surface area contributed by atoms with Crippen molar-refractivity contribution in [1.29, 1.82) is 0 Å². The first kappa shape index (κ1) is 15.7. The highest BCUT2D eigenvalue weighted by atomic mass is 16.5. The largest absolute Gasteiger partial charge is 0.457 e. The predicted molar refractivity (Wildman–Crippen MR) is 77.9 cm³/mol. The maximum Gasteiger partial charge on any atom is 0.308 e. The van der Waals surface area contributed by atoms with Crippen LogP contribution in [0.3, 0.4) is 0 Å². The number of hydrogen-bond acceptors (Lipinski definition) is 3. The molecule has 106 valence electrons. The van der Waals surface area contributed by atoms with Gasteiger partial charge in [0.05, 0.1) is 5.92 Å². The van der Waals surface area contributed by atoms with Gasteiger partial charge in [0.15, 0.2) is 0 Å². The van der Waals surface area contributed by atoms with Crippen molar-refractivity contribution < 1.29 is 9.53 Å². The monoisotopic (exact) mass is 263 g/mol. The molecule has 3 heteroatoms. The maximum atomic E-state index is 11.8. The highest BCUT2D eigenvalue weighted by molar-refractivity contribution is 5.71. The Morgan fingerprint density at radius 2 is 1.84 bits per heavy atom. The Morgan fingerprint density at radius 1 is 1.21 bits per heavy atom. The van der Waals surface area contributed by atoms with E-state index in [0.717, 1.165) is 24.9 Å². The first-order valence-corrected chi connectivity index (χ1v) is 6.91. The number of carbonyl (C=O) groups is 1. The second-order valence-electron chi connectivity index (χ2n) is 5.44. The highest BCUT2D eigenvalue weighted by Crippen LogP contribution is 2.24. The van der Waals surface area contributed by atoms with E-state index in [1.807, 2.05) is 44.2 Å². The molecule has 0 saturated heterocycles. The van der Waals surface area contributed by atoms with Crippen molar-refractivity contribution in [3.8, 4) is 0 Å². The molecule has 0 bridgehead atoms. The van der Waals surface area contributed by atoms with Gasteiger partial charge in [-0.3, -0.25) is 4.79 Å². The summed E-state index contributed by atoms with van der Waals surface area (Å²) < 4.78 is 5.62. The molecule has 0 amide bonds. The normalized spacial score (nSPS) is 12.7. The van der Waals surface area contributed by atoms with Gasteiger partial charge in [-0.05, 0) is 39.0 Å². The second-order valence-corrected chi connectivity index (χ2v) is 5.44. The molecule has 1 atom stereocenters. The Labute approximate surface area is 116 Å². The van der Waals surface area contributed by atoms with Crippen molar-refractivity contribution in [2.24, 2.45) is 5.92 Å². The van der Waals surface area contributed by atoms with Crippen LogP contribution in [0, 0.1) is 5.92 Å². The molecule has 1 unspecified atom stereocenters. The molecule has 0 N–H and O–H groups in total. The van der Waals surface area contributed by atoms with Crippen LogP contribution in [0.25, 0.3) is 0 Å². The Hall–Kier alpha value is -1.35. The van der Waals surface area contributed by atoms with E-state index in [1.54, 1.807) is 0 Å². The predicted octanol–water partition coefficient (Wildman–Crippen LogP) is 3.27. The van der Waals surface area contributed by atoms with Gasteiger partial charge in [0.25, 0.3) is 0 Å². The third kappa shape index (κ3) is 5.88. The van der Waals surface area contributed by atoms with Gasteiger partial charge in [-0.2, -0.15) is 0 Å². The van der Waals surface area contributed by atoms with E-state index in [2.05, 4.69) is 19.0 Å². The van der Waals surface area contributed by atoms with Gasteiger partial charge in [-0.15, -0.1) is 0 Å². The summed E-state index contributed by atoms with van der Waals surface area (Å²) >= 11 is 0. The molecule has 1 aromatic rings. The average molecular weight is 263 g/mol. The van der Waals surface area contributed by atoms with Crippen LogP contribution >= 0.6 is 0 Å². The number of esters is 1. The Morgan fingerprint density at radius 3 is 2.37 bits per heavy atom. The van der Waals surface area contributed by atoms with Gasteiger partial charge in [0.1, 0.15) is 6.10 Å². The molecule has 19 heavy (non-hydrogen) atoms. The van der Waals surface area contributed by atoms with Crippen LogP contribution in [0.5, 0.6) is 0 Å². The molecule has 0 spiro atoms. The topological polar surface area (TPSA) is 29.5 Å². The summed E-state index contributed by atoms with van der Waals surface area (Å²) in [4.78, 5) is 13.9. The smallest absolute Gasteiger partial charge is 0.308 e. The molecule has 0 aliphatic heterocycles. The zero-order chi connectivity index (χ0) is 14.3. The minimum atomic E-state index is -0.129. The van der Waals surface area contributed by atoms with Crippen LogP contribution in [0.2, 0.25) is 0 Å². The molecular weight excluding hydrogens is 238 g/mol. The Bertz CT molecular complexity index is 374. The first-order valence-electron chi connectivity index (χ1n) is 6.91. The lowest BCUT2D eigenvalue weighted by Crippen LogP contribution is -2.18. The lowest BCUT2D eigenvalue weighted by Gasteiger charge is -2.20. The molecule has 1 aromatic carbocycles. The van der Waals surface area contributed by atoms with Crippen molar-refractivity contribution in [2.45, 2.75) is 32.8 Å². The van der Waals surface area contributed by atoms with Crippen molar-refractivity contribution in [3.63, 3.8) is 0 Å². The van der Waals surface area contributed by atoms with Crippen molar-refractivity contribution >= 4 is 5.97 Å². The summed E-state index contributed by atoms with van der Waals surface area (Å²) in [5, 5.41) is 0. The molecular formula is C16H25NO2. The number of rotatable bonds is 7. The van der Waals surface area contributed by atoms with E-state index in [9.17, 15) is 4.79 Å². The fourth-order valence-electron chi connectivity index (χ4n) is 1.83. The van der Waals surface area contributed by atoms with E-state index in [4.69, 9.17) is 4.74 Å². The molecule has 0 aliphatic rings. The van der Waals surface area contributed by atoms with Crippen LogP contribution in [-0.4, -0.2) is 31.5 Å². The minimum Gasteiger partial charge on any atom is -0.457 e. The van der Waals surface area contributed by atoms with Crippen LogP contribution in [0.15, 0.2) is 30.3 Å². The summed E-state index contributed by atoms with van der Waals surface area (Å²) in [5.41, 5.74) is 1.08. The third-order valence-corrected chi connectivity index (χ3v) is 2.97. The molecule has 0 fully saturated rings. The summed E-state index contributed by atoms with van der Waals surface area (Å²) in [6.45, 7) is 4.73. The van der Waals surface area contributed by atoms with Crippen molar-refractivity contribution in [2.75, 3.05) is 20.6 Å². The lowest BCUT2D eigenvalue weighted by atomic mass is 10.0. The summed E-state index contributed by atoms with van der Waals surface area (Å²) in [7, 11) is 4.11. The summed E-state index contributed by atoms with van der Waals surface area (Å²) in [6.07, 6.45) is 1.74. The minimum absolute atomic E-state index is 0.0833. The van der Waals surface area contributed by atoms with Crippen molar-refractivity contribution in [1.82, 2.24) is 4.90 Å². The van der Waals surface area contributed by atoms with Gasteiger partial charge >= 0.3 is 5.97 Å². The number of benzene rings is 1.